The second-order valence-corrected chi connectivity index (χ2v) is 13.4. The summed E-state index contributed by atoms with van der Waals surface area (Å²) in [4.78, 5) is 13.2. The molecule has 1 amide bonds. The van der Waals surface area contributed by atoms with Gasteiger partial charge in [-0.05, 0) is 85.3 Å². The van der Waals surface area contributed by atoms with E-state index in [1.807, 2.05) is 6.92 Å². The Morgan fingerprint density at radius 1 is 0.929 bits per heavy atom. The van der Waals surface area contributed by atoms with Crippen LogP contribution in [0.3, 0.4) is 0 Å². The van der Waals surface area contributed by atoms with Crippen molar-refractivity contribution in [1.29, 1.82) is 0 Å². The number of aryl methyl sites for hydroxylation is 1. The quantitative estimate of drug-likeness (QED) is 0.279. The van der Waals surface area contributed by atoms with E-state index in [0.29, 0.717) is 27.8 Å². The number of fused-ring (bicyclic) bond motifs is 1. The lowest BCUT2D eigenvalue weighted by Gasteiger charge is -2.34. The summed E-state index contributed by atoms with van der Waals surface area (Å²) in [5, 5.41) is 3.06. The van der Waals surface area contributed by atoms with Gasteiger partial charge in [0.05, 0.1) is 34.8 Å². The predicted molar refractivity (Wildman–Crippen MR) is 160 cm³/mol. The predicted octanol–water partition coefficient (Wildman–Crippen LogP) is 5.05. The molecule has 13 heteroatoms. The summed E-state index contributed by atoms with van der Waals surface area (Å²) in [7, 11) is -6.57. The van der Waals surface area contributed by atoms with E-state index in [2.05, 4.69) is 10.0 Å². The third kappa shape index (κ3) is 6.01. The molecule has 42 heavy (non-hydrogen) atoms. The average molecular weight is 628 g/mol. The van der Waals surface area contributed by atoms with E-state index in [9.17, 15) is 21.6 Å². The first-order chi connectivity index (χ1) is 20.0. The number of para-hydroxylation sites is 2. The summed E-state index contributed by atoms with van der Waals surface area (Å²) in [6.45, 7) is 1.54. The van der Waals surface area contributed by atoms with Gasteiger partial charge in [-0.2, -0.15) is 0 Å². The number of carbonyl (C=O) groups excluding carboxylic acids is 1. The van der Waals surface area contributed by atoms with Crippen molar-refractivity contribution in [2.45, 2.75) is 22.8 Å². The number of benzene rings is 4. The van der Waals surface area contributed by atoms with Crippen molar-refractivity contribution in [3.05, 3.63) is 102 Å². The molecule has 2 N–H and O–H groups in total. The summed E-state index contributed by atoms with van der Waals surface area (Å²) >= 11 is 5.94. The maximum absolute atomic E-state index is 13.5. The summed E-state index contributed by atoms with van der Waals surface area (Å²) in [5.41, 5.74) is 1.73. The normalized spacial score (nSPS) is 14.8. The minimum Gasteiger partial charge on any atom is -0.495 e. The zero-order chi connectivity index (χ0) is 30.1. The monoisotopic (exact) mass is 627 g/mol. The Labute approximate surface area is 248 Å². The van der Waals surface area contributed by atoms with Crippen LogP contribution >= 0.6 is 11.6 Å². The van der Waals surface area contributed by atoms with Crippen molar-refractivity contribution < 1.29 is 31.1 Å². The van der Waals surface area contributed by atoms with Gasteiger partial charge in [0.2, 0.25) is 0 Å². The molecule has 10 nitrogen and oxygen atoms in total. The number of nitrogens with one attached hydrogen (secondary N) is 2. The maximum Gasteiger partial charge on any atom is 0.267 e. The highest BCUT2D eigenvalue weighted by molar-refractivity contribution is 7.93. The fraction of sp³-hybridized carbons (Fsp3) is 0.138. The molecule has 0 radical (unpaired) electrons. The van der Waals surface area contributed by atoms with Gasteiger partial charge in [0.25, 0.3) is 26.0 Å². The van der Waals surface area contributed by atoms with Crippen LogP contribution in [0.4, 0.5) is 17.1 Å². The number of hydrogen-bond acceptors (Lipinski definition) is 7. The topological polar surface area (TPSA) is 131 Å². The molecular formula is C29H26ClN3O7S2. The lowest BCUT2D eigenvalue weighted by molar-refractivity contribution is -0.122. The highest BCUT2D eigenvalue weighted by Crippen LogP contribution is 2.37. The first kappa shape index (κ1) is 29.2. The molecule has 0 saturated heterocycles. The molecule has 1 atom stereocenters. The second kappa shape index (κ2) is 11.6. The van der Waals surface area contributed by atoms with Crippen LogP contribution in [-0.4, -0.2) is 42.5 Å². The van der Waals surface area contributed by atoms with E-state index in [4.69, 9.17) is 21.1 Å². The lowest BCUT2D eigenvalue weighted by atomic mass is 10.2. The summed E-state index contributed by atoms with van der Waals surface area (Å²) < 4.78 is 67.8. The molecular weight excluding hydrogens is 602 g/mol. The van der Waals surface area contributed by atoms with Crippen LogP contribution in [0, 0.1) is 6.92 Å². The van der Waals surface area contributed by atoms with E-state index < -0.39 is 32.1 Å². The number of sulfonamides is 2. The minimum atomic E-state index is -4.06. The number of carbonyl (C=O) groups is 1. The zero-order valence-electron chi connectivity index (χ0n) is 22.4. The Bertz CT molecular complexity index is 1850. The van der Waals surface area contributed by atoms with Crippen LogP contribution < -0.4 is 23.8 Å². The highest BCUT2D eigenvalue weighted by atomic mass is 35.5. The van der Waals surface area contributed by atoms with Gasteiger partial charge in [-0.3, -0.25) is 13.8 Å². The number of hydrogen-bond donors (Lipinski definition) is 2. The molecule has 218 valence electrons. The minimum absolute atomic E-state index is 0.0106. The number of ether oxygens (including phenoxy) is 2. The molecule has 4 aromatic carbocycles. The van der Waals surface area contributed by atoms with Crippen molar-refractivity contribution in [1.82, 2.24) is 0 Å². The fourth-order valence-corrected chi connectivity index (χ4v) is 7.01. The third-order valence-corrected chi connectivity index (χ3v) is 9.89. The van der Waals surface area contributed by atoms with Crippen LogP contribution in [0.2, 0.25) is 5.02 Å². The molecule has 5 rings (SSSR count). The van der Waals surface area contributed by atoms with Crippen molar-refractivity contribution >= 4 is 54.6 Å². The molecule has 0 spiro atoms. The Morgan fingerprint density at radius 2 is 1.60 bits per heavy atom. The van der Waals surface area contributed by atoms with Crippen molar-refractivity contribution in [3.8, 4) is 11.5 Å². The van der Waals surface area contributed by atoms with Gasteiger partial charge in [0.15, 0.2) is 6.10 Å². The molecule has 0 saturated carbocycles. The zero-order valence-corrected chi connectivity index (χ0v) is 24.8. The smallest absolute Gasteiger partial charge is 0.267 e. The van der Waals surface area contributed by atoms with Gasteiger partial charge < -0.3 is 14.8 Å². The number of methoxy groups -OCH3 is 1. The third-order valence-electron chi connectivity index (χ3n) is 6.46. The van der Waals surface area contributed by atoms with E-state index in [-0.39, 0.29) is 22.1 Å². The molecule has 0 aliphatic carbocycles. The van der Waals surface area contributed by atoms with E-state index >= 15 is 0 Å². The van der Waals surface area contributed by atoms with Gasteiger partial charge in [0, 0.05) is 10.7 Å². The molecule has 4 aromatic rings. The van der Waals surface area contributed by atoms with E-state index in [1.54, 1.807) is 42.5 Å². The summed E-state index contributed by atoms with van der Waals surface area (Å²) in [6.07, 6.45) is -1.19. The molecule has 0 bridgehead atoms. The Hall–Kier alpha value is -4.26. The van der Waals surface area contributed by atoms with Crippen LogP contribution in [-0.2, 0) is 24.8 Å². The first-order valence-corrected chi connectivity index (χ1v) is 15.9. The Balaban J connectivity index is 1.34. The molecule has 0 aromatic heterocycles. The molecule has 1 aliphatic heterocycles. The molecule has 0 fully saturated rings. The second-order valence-electron chi connectivity index (χ2n) is 9.39. The molecule has 1 heterocycles. The average Bonchev–Trinajstić information content (AvgIpc) is 2.97. The van der Waals surface area contributed by atoms with Gasteiger partial charge in [-0.1, -0.05) is 29.8 Å². The summed E-state index contributed by atoms with van der Waals surface area (Å²) in [5.74, 6) is -0.0196. The van der Waals surface area contributed by atoms with Gasteiger partial charge >= 0.3 is 0 Å². The fourth-order valence-electron chi connectivity index (χ4n) is 4.35. The lowest BCUT2D eigenvalue weighted by Crippen LogP contribution is -2.48. The number of halogens is 1. The standard InChI is InChI=1S/C29H26ClN3O7S2/c1-19-7-16-26(39-2)24(17-19)32-41(35,36)22-14-10-21(11-15-22)31-29(34)28-18-33(25-5-3-4-6-27(25)40-28)42(37,38)23-12-8-20(30)9-13-23/h3-17,28,32H,18H2,1-2H3,(H,31,34). The number of rotatable bonds is 8. The van der Waals surface area contributed by atoms with Gasteiger partial charge in [-0.15, -0.1) is 0 Å². The van der Waals surface area contributed by atoms with Crippen molar-refractivity contribution in [3.63, 3.8) is 0 Å². The Kier molecular flexibility index (Phi) is 8.04. The maximum atomic E-state index is 13.5. The number of amides is 1. The number of nitrogens with zero attached hydrogens (tertiary/aromatic N) is 1. The van der Waals surface area contributed by atoms with Gasteiger partial charge in [-0.25, -0.2) is 16.8 Å². The van der Waals surface area contributed by atoms with Crippen LogP contribution in [0.15, 0.2) is 101 Å². The SMILES string of the molecule is COc1ccc(C)cc1NS(=O)(=O)c1ccc(NC(=O)C2CN(S(=O)(=O)c3ccc(Cl)cc3)c3ccccc3O2)cc1. The number of anilines is 3. The van der Waals surface area contributed by atoms with Gasteiger partial charge in [0.1, 0.15) is 11.5 Å². The van der Waals surface area contributed by atoms with E-state index in [1.165, 1.54) is 55.6 Å². The van der Waals surface area contributed by atoms with Crippen LogP contribution in [0.1, 0.15) is 5.56 Å². The Morgan fingerprint density at radius 3 is 2.29 bits per heavy atom. The van der Waals surface area contributed by atoms with Crippen LogP contribution in [0.25, 0.3) is 0 Å². The van der Waals surface area contributed by atoms with Crippen molar-refractivity contribution in [2.24, 2.45) is 0 Å². The molecule has 1 unspecified atom stereocenters. The first-order valence-electron chi connectivity index (χ1n) is 12.6. The van der Waals surface area contributed by atoms with Crippen LogP contribution in [0.5, 0.6) is 11.5 Å². The van der Waals surface area contributed by atoms with E-state index in [0.717, 1.165) is 9.87 Å². The largest absolute Gasteiger partial charge is 0.495 e. The highest BCUT2D eigenvalue weighted by Gasteiger charge is 2.37. The van der Waals surface area contributed by atoms with Crippen molar-refractivity contribution in [2.75, 3.05) is 28.0 Å². The summed E-state index contributed by atoms with van der Waals surface area (Å²) in [6, 6.07) is 22.9. The molecule has 1 aliphatic rings.